The lowest BCUT2D eigenvalue weighted by Crippen LogP contribution is -2.10. The smallest absolute Gasteiger partial charge is 0.380 e. The molecule has 1 N–H and O–H groups in total. The van der Waals surface area contributed by atoms with Crippen molar-refractivity contribution in [1.82, 2.24) is 0 Å². The summed E-state index contributed by atoms with van der Waals surface area (Å²) < 4.78 is 39.1. The SMILES string of the molecule is O=[N+]([O-])c1ccc(CNc2ccc(Br)cc2C(F)(F)F)s1. The normalized spacial score (nSPS) is 11.4. The van der Waals surface area contributed by atoms with Crippen molar-refractivity contribution in [3.63, 3.8) is 0 Å². The van der Waals surface area contributed by atoms with Crippen LogP contribution in [0.25, 0.3) is 0 Å². The Morgan fingerprint density at radius 1 is 1.29 bits per heavy atom. The number of hydrogen-bond donors (Lipinski definition) is 1. The van der Waals surface area contributed by atoms with Crippen LogP contribution in [0.4, 0.5) is 23.9 Å². The number of rotatable bonds is 4. The zero-order valence-corrected chi connectivity index (χ0v) is 12.7. The molecule has 0 saturated heterocycles. The molecule has 0 spiro atoms. The fraction of sp³-hybridized carbons (Fsp3) is 0.167. The van der Waals surface area contributed by atoms with Crippen molar-refractivity contribution >= 4 is 38.0 Å². The molecule has 4 nitrogen and oxygen atoms in total. The maximum atomic E-state index is 12.9. The Morgan fingerprint density at radius 2 is 2.00 bits per heavy atom. The quantitative estimate of drug-likeness (QED) is 0.596. The Morgan fingerprint density at radius 3 is 2.57 bits per heavy atom. The molecule has 2 rings (SSSR count). The van der Waals surface area contributed by atoms with Crippen LogP contribution in [0.3, 0.4) is 0 Å². The highest BCUT2D eigenvalue weighted by Crippen LogP contribution is 2.37. The molecule has 1 aromatic carbocycles. The number of nitrogens with one attached hydrogen (secondary N) is 1. The fourth-order valence-electron chi connectivity index (χ4n) is 1.65. The van der Waals surface area contributed by atoms with E-state index >= 15 is 0 Å². The van der Waals surface area contributed by atoms with E-state index < -0.39 is 16.7 Å². The first kappa shape index (κ1) is 15.8. The number of nitro groups is 1. The molecule has 0 unspecified atom stereocenters. The minimum absolute atomic E-state index is 0.0429. The van der Waals surface area contributed by atoms with Crippen molar-refractivity contribution in [2.45, 2.75) is 12.7 Å². The summed E-state index contributed by atoms with van der Waals surface area (Å²) in [5.74, 6) is 0. The van der Waals surface area contributed by atoms with Gasteiger partial charge in [-0.3, -0.25) is 10.1 Å². The molecule has 0 amide bonds. The number of hydrogen-bond acceptors (Lipinski definition) is 4. The number of benzene rings is 1. The monoisotopic (exact) mass is 380 g/mol. The summed E-state index contributed by atoms with van der Waals surface area (Å²) in [6, 6.07) is 6.64. The minimum atomic E-state index is -4.48. The molecule has 0 atom stereocenters. The lowest BCUT2D eigenvalue weighted by molar-refractivity contribution is -0.380. The van der Waals surface area contributed by atoms with Crippen molar-refractivity contribution in [2.75, 3.05) is 5.32 Å². The Bertz CT molecular complexity index is 673. The molecular weight excluding hydrogens is 373 g/mol. The molecule has 0 bridgehead atoms. The van der Waals surface area contributed by atoms with Gasteiger partial charge >= 0.3 is 11.2 Å². The third-order valence-electron chi connectivity index (χ3n) is 2.57. The van der Waals surface area contributed by atoms with Crippen molar-refractivity contribution in [1.29, 1.82) is 0 Å². The topological polar surface area (TPSA) is 55.2 Å². The zero-order valence-electron chi connectivity index (χ0n) is 10.3. The zero-order chi connectivity index (χ0) is 15.6. The van der Waals surface area contributed by atoms with Gasteiger partial charge in [-0.15, -0.1) is 0 Å². The standard InChI is InChI=1S/C12H8BrF3N2O2S/c13-7-1-3-10(9(5-7)12(14,15)16)17-6-8-2-4-11(21-8)18(19)20/h1-5,17H,6H2. The summed E-state index contributed by atoms with van der Waals surface area (Å²) in [5.41, 5.74) is -0.857. The first-order valence-electron chi connectivity index (χ1n) is 5.61. The third-order valence-corrected chi connectivity index (χ3v) is 4.10. The average molecular weight is 381 g/mol. The summed E-state index contributed by atoms with van der Waals surface area (Å²) in [7, 11) is 0. The minimum Gasteiger partial charge on any atom is -0.380 e. The van der Waals surface area contributed by atoms with Gasteiger partial charge in [-0.05, 0) is 24.3 Å². The lowest BCUT2D eigenvalue weighted by Gasteiger charge is -2.14. The predicted octanol–water partition coefficient (Wildman–Crippen LogP) is 5.05. The van der Waals surface area contributed by atoms with Gasteiger partial charge in [0.2, 0.25) is 0 Å². The van der Waals surface area contributed by atoms with Crippen LogP contribution in [-0.2, 0) is 12.7 Å². The van der Waals surface area contributed by atoms with E-state index in [0.29, 0.717) is 9.35 Å². The number of alkyl halides is 3. The van der Waals surface area contributed by atoms with E-state index in [1.54, 1.807) is 0 Å². The van der Waals surface area contributed by atoms with E-state index in [2.05, 4.69) is 21.2 Å². The number of halogens is 4. The van der Waals surface area contributed by atoms with Crippen LogP contribution in [0, 0.1) is 10.1 Å². The van der Waals surface area contributed by atoms with E-state index in [9.17, 15) is 23.3 Å². The van der Waals surface area contributed by atoms with Crippen molar-refractivity contribution in [3.8, 4) is 0 Å². The van der Waals surface area contributed by atoms with Gasteiger partial charge in [0.05, 0.1) is 10.5 Å². The van der Waals surface area contributed by atoms with Gasteiger partial charge in [0.25, 0.3) is 0 Å². The Hall–Kier alpha value is -1.61. The van der Waals surface area contributed by atoms with E-state index in [1.165, 1.54) is 24.3 Å². The van der Waals surface area contributed by atoms with Crippen LogP contribution in [0.5, 0.6) is 0 Å². The molecule has 1 aromatic heterocycles. The molecule has 0 aliphatic heterocycles. The van der Waals surface area contributed by atoms with Crippen LogP contribution >= 0.6 is 27.3 Å². The molecule has 0 fully saturated rings. The summed E-state index contributed by atoms with van der Waals surface area (Å²) in [6.45, 7) is 0.0865. The van der Waals surface area contributed by atoms with Crippen molar-refractivity contribution in [3.05, 3.63) is 55.4 Å². The number of nitrogens with zero attached hydrogens (tertiary/aromatic N) is 1. The van der Waals surface area contributed by atoms with Gasteiger partial charge in [-0.25, -0.2) is 0 Å². The second kappa shape index (κ2) is 6.02. The first-order valence-corrected chi connectivity index (χ1v) is 7.22. The Labute approximate surface area is 129 Å². The van der Waals surface area contributed by atoms with Crippen LogP contribution in [-0.4, -0.2) is 4.92 Å². The fourth-order valence-corrected chi connectivity index (χ4v) is 2.77. The molecule has 9 heteroatoms. The predicted molar refractivity (Wildman–Crippen MR) is 77.4 cm³/mol. The highest BCUT2D eigenvalue weighted by atomic mass is 79.9. The van der Waals surface area contributed by atoms with E-state index in [0.717, 1.165) is 17.4 Å². The lowest BCUT2D eigenvalue weighted by atomic mass is 10.1. The molecule has 0 saturated carbocycles. The summed E-state index contributed by atoms with van der Waals surface area (Å²) in [5, 5.41) is 13.2. The summed E-state index contributed by atoms with van der Waals surface area (Å²) in [6.07, 6.45) is -4.48. The Kier molecular flexibility index (Phi) is 4.52. The summed E-state index contributed by atoms with van der Waals surface area (Å²) in [4.78, 5) is 10.6. The molecule has 0 aliphatic carbocycles. The number of thiophene rings is 1. The van der Waals surface area contributed by atoms with Gasteiger partial charge in [-0.2, -0.15) is 13.2 Å². The average Bonchev–Trinajstić information content (AvgIpc) is 2.85. The maximum Gasteiger partial charge on any atom is 0.418 e. The highest BCUT2D eigenvalue weighted by molar-refractivity contribution is 9.10. The second-order valence-corrected chi connectivity index (χ2v) is 6.10. The van der Waals surface area contributed by atoms with Gasteiger partial charge in [-0.1, -0.05) is 27.3 Å². The molecule has 112 valence electrons. The van der Waals surface area contributed by atoms with Crippen LogP contribution in [0.1, 0.15) is 10.4 Å². The molecule has 0 aliphatic rings. The molecular formula is C12H8BrF3N2O2S. The van der Waals surface area contributed by atoms with E-state index in [-0.39, 0.29) is 17.2 Å². The van der Waals surface area contributed by atoms with Crippen molar-refractivity contribution < 1.29 is 18.1 Å². The van der Waals surface area contributed by atoms with E-state index in [1.807, 2.05) is 0 Å². The maximum absolute atomic E-state index is 12.9. The molecule has 0 radical (unpaired) electrons. The van der Waals surface area contributed by atoms with Crippen LogP contribution < -0.4 is 5.32 Å². The molecule has 1 heterocycles. The van der Waals surface area contributed by atoms with E-state index in [4.69, 9.17) is 0 Å². The van der Waals surface area contributed by atoms with Gasteiger partial charge < -0.3 is 5.32 Å². The van der Waals surface area contributed by atoms with Gasteiger partial charge in [0, 0.05) is 27.6 Å². The van der Waals surface area contributed by atoms with Gasteiger partial charge in [0.15, 0.2) is 0 Å². The van der Waals surface area contributed by atoms with Crippen molar-refractivity contribution in [2.24, 2.45) is 0 Å². The molecule has 21 heavy (non-hydrogen) atoms. The third kappa shape index (κ3) is 3.94. The Balaban J connectivity index is 2.18. The van der Waals surface area contributed by atoms with Crippen LogP contribution in [0.15, 0.2) is 34.8 Å². The first-order chi connectivity index (χ1) is 9.77. The second-order valence-electron chi connectivity index (χ2n) is 4.04. The van der Waals surface area contributed by atoms with Crippen LogP contribution in [0.2, 0.25) is 0 Å². The highest BCUT2D eigenvalue weighted by Gasteiger charge is 2.33. The number of anilines is 1. The summed E-state index contributed by atoms with van der Waals surface area (Å²) >= 11 is 3.93. The molecule has 2 aromatic rings. The van der Waals surface area contributed by atoms with Gasteiger partial charge in [0.1, 0.15) is 0 Å². The largest absolute Gasteiger partial charge is 0.418 e.